The summed E-state index contributed by atoms with van der Waals surface area (Å²) in [5.74, 6) is 1.17. The van der Waals surface area contributed by atoms with Crippen LogP contribution in [0.25, 0.3) is 0 Å². The summed E-state index contributed by atoms with van der Waals surface area (Å²) in [5, 5.41) is 5.42. The van der Waals surface area contributed by atoms with E-state index in [-0.39, 0.29) is 17.9 Å². The highest BCUT2D eigenvalue weighted by Crippen LogP contribution is 2.37. The molecule has 0 bridgehead atoms. The normalized spacial score (nSPS) is 20.5. The molecule has 134 valence electrons. The minimum atomic E-state index is -0.0864. The molecule has 1 fully saturated rings. The number of carbonyl (C=O) groups is 2. The van der Waals surface area contributed by atoms with E-state index in [0.717, 1.165) is 18.4 Å². The van der Waals surface area contributed by atoms with Crippen molar-refractivity contribution in [2.75, 3.05) is 27.8 Å². The molecule has 2 amide bonds. The first-order valence-electron chi connectivity index (χ1n) is 8.42. The summed E-state index contributed by atoms with van der Waals surface area (Å²) in [7, 11) is 4.79. The third kappa shape index (κ3) is 3.31. The Kier molecular flexibility index (Phi) is 4.92. The average Bonchev–Trinajstić information content (AvgIpc) is 3.12. The molecule has 0 saturated carbocycles. The third-order valence-electron chi connectivity index (χ3n) is 4.76. The molecule has 2 heterocycles. The number of benzene rings is 1. The topological polar surface area (TPSA) is 71.4 Å². The van der Waals surface area contributed by atoms with E-state index in [4.69, 9.17) is 9.47 Å². The lowest BCUT2D eigenvalue weighted by atomic mass is 10.0. The number of nitrogens with zero attached hydrogens (tertiary/aromatic N) is 3. The third-order valence-corrected chi connectivity index (χ3v) is 4.76. The Morgan fingerprint density at radius 1 is 1.20 bits per heavy atom. The maximum atomic E-state index is 12.9. The Morgan fingerprint density at radius 3 is 2.64 bits per heavy atom. The molecule has 0 spiro atoms. The smallest absolute Gasteiger partial charge is 0.270 e. The van der Waals surface area contributed by atoms with Gasteiger partial charge in [0.25, 0.3) is 5.91 Å². The van der Waals surface area contributed by atoms with Crippen LogP contribution in [0.15, 0.2) is 23.3 Å². The zero-order chi connectivity index (χ0) is 18.0. The van der Waals surface area contributed by atoms with Crippen LogP contribution in [-0.2, 0) is 9.59 Å². The zero-order valence-corrected chi connectivity index (χ0v) is 14.8. The lowest BCUT2D eigenvalue weighted by Gasteiger charge is -2.28. The first-order chi connectivity index (χ1) is 12.0. The Hall–Kier alpha value is -2.57. The molecule has 1 aromatic rings. The Labute approximate surface area is 147 Å². The standard InChI is InChI=1S/C18H23N3O4/c1-20-17(22)9-7-13(19-20)18(23)21-10-4-5-14(21)12-6-8-15(24-2)16(11-12)25-3/h6,8,11,14H,4-5,7,9-10H2,1-3H3/t14-/m0/s1. The van der Waals surface area contributed by atoms with E-state index in [1.54, 1.807) is 21.3 Å². The number of ether oxygens (including phenoxy) is 2. The average molecular weight is 345 g/mol. The predicted molar refractivity (Wildman–Crippen MR) is 92.7 cm³/mol. The van der Waals surface area contributed by atoms with Gasteiger partial charge in [0, 0.05) is 26.4 Å². The molecule has 7 nitrogen and oxygen atoms in total. The first kappa shape index (κ1) is 17.3. The van der Waals surface area contributed by atoms with E-state index in [9.17, 15) is 9.59 Å². The van der Waals surface area contributed by atoms with Crippen molar-refractivity contribution in [2.24, 2.45) is 5.10 Å². The zero-order valence-electron chi connectivity index (χ0n) is 14.8. The van der Waals surface area contributed by atoms with Gasteiger partial charge in [-0.1, -0.05) is 6.07 Å². The van der Waals surface area contributed by atoms with Crippen molar-refractivity contribution in [3.63, 3.8) is 0 Å². The molecule has 0 aliphatic carbocycles. The van der Waals surface area contributed by atoms with Gasteiger partial charge >= 0.3 is 0 Å². The summed E-state index contributed by atoms with van der Waals surface area (Å²) in [4.78, 5) is 26.3. The van der Waals surface area contributed by atoms with Crippen LogP contribution in [0, 0.1) is 0 Å². The summed E-state index contributed by atoms with van der Waals surface area (Å²) < 4.78 is 10.7. The largest absolute Gasteiger partial charge is 0.493 e. The van der Waals surface area contributed by atoms with Gasteiger partial charge < -0.3 is 14.4 Å². The molecule has 1 aromatic carbocycles. The van der Waals surface area contributed by atoms with Crippen LogP contribution < -0.4 is 9.47 Å². The molecular formula is C18H23N3O4. The number of hydrogen-bond acceptors (Lipinski definition) is 5. The van der Waals surface area contributed by atoms with Crippen LogP contribution in [0.4, 0.5) is 0 Å². The fourth-order valence-electron chi connectivity index (χ4n) is 3.41. The molecule has 2 aliphatic rings. The van der Waals surface area contributed by atoms with Crippen LogP contribution in [-0.4, -0.2) is 55.2 Å². The minimum Gasteiger partial charge on any atom is -0.493 e. The number of hydrogen-bond donors (Lipinski definition) is 0. The maximum Gasteiger partial charge on any atom is 0.270 e. The van der Waals surface area contributed by atoms with E-state index < -0.39 is 0 Å². The van der Waals surface area contributed by atoms with Crippen molar-refractivity contribution < 1.29 is 19.1 Å². The van der Waals surface area contributed by atoms with Gasteiger partial charge in [-0.3, -0.25) is 9.59 Å². The van der Waals surface area contributed by atoms with Gasteiger partial charge in [-0.05, 0) is 30.5 Å². The van der Waals surface area contributed by atoms with Crippen LogP contribution >= 0.6 is 0 Å². The second-order valence-corrected chi connectivity index (χ2v) is 6.24. The summed E-state index contributed by atoms with van der Waals surface area (Å²) >= 11 is 0. The monoisotopic (exact) mass is 345 g/mol. The Bertz CT molecular complexity index is 716. The second kappa shape index (κ2) is 7.13. The van der Waals surface area contributed by atoms with Gasteiger partial charge in [-0.25, -0.2) is 5.01 Å². The minimum absolute atomic E-state index is 0.0158. The number of amides is 2. The van der Waals surface area contributed by atoms with Gasteiger partial charge in [0.15, 0.2) is 11.5 Å². The number of carbonyl (C=O) groups excluding carboxylic acids is 2. The lowest BCUT2D eigenvalue weighted by Crippen LogP contribution is -2.40. The lowest BCUT2D eigenvalue weighted by molar-refractivity contribution is -0.130. The molecule has 2 aliphatic heterocycles. The maximum absolute atomic E-state index is 12.9. The molecule has 0 aromatic heterocycles. The molecule has 1 atom stereocenters. The molecule has 25 heavy (non-hydrogen) atoms. The van der Waals surface area contributed by atoms with Crippen molar-refractivity contribution in [3.8, 4) is 11.5 Å². The van der Waals surface area contributed by atoms with Gasteiger partial charge in [-0.2, -0.15) is 5.10 Å². The molecule has 7 heteroatoms. The summed E-state index contributed by atoms with van der Waals surface area (Å²) in [6.07, 6.45) is 2.56. The highest BCUT2D eigenvalue weighted by molar-refractivity contribution is 6.39. The van der Waals surface area contributed by atoms with Crippen LogP contribution in [0.1, 0.15) is 37.3 Å². The molecular weight excluding hydrogens is 322 g/mol. The molecule has 1 saturated heterocycles. The van der Waals surface area contributed by atoms with E-state index in [0.29, 0.717) is 36.6 Å². The van der Waals surface area contributed by atoms with Gasteiger partial charge in [0.05, 0.1) is 20.3 Å². The van der Waals surface area contributed by atoms with Gasteiger partial charge in [0.2, 0.25) is 5.91 Å². The second-order valence-electron chi connectivity index (χ2n) is 6.24. The van der Waals surface area contributed by atoms with Gasteiger partial charge in [0.1, 0.15) is 5.71 Å². The fourth-order valence-corrected chi connectivity index (χ4v) is 3.41. The summed E-state index contributed by atoms with van der Waals surface area (Å²) in [5.41, 5.74) is 1.47. The van der Waals surface area contributed by atoms with Crippen LogP contribution in [0.2, 0.25) is 0 Å². The van der Waals surface area contributed by atoms with E-state index >= 15 is 0 Å². The number of methoxy groups -OCH3 is 2. The quantitative estimate of drug-likeness (QED) is 0.836. The van der Waals surface area contributed by atoms with Crippen molar-refractivity contribution in [1.82, 2.24) is 9.91 Å². The summed E-state index contributed by atoms with van der Waals surface area (Å²) in [6.45, 7) is 0.689. The highest BCUT2D eigenvalue weighted by atomic mass is 16.5. The molecule has 0 N–H and O–H groups in total. The predicted octanol–water partition coefficient (Wildman–Crippen LogP) is 1.98. The molecule has 0 radical (unpaired) electrons. The number of hydrazone groups is 1. The van der Waals surface area contributed by atoms with Crippen molar-refractivity contribution in [3.05, 3.63) is 23.8 Å². The highest BCUT2D eigenvalue weighted by Gasteiger charge is 2.34. The summed E-state index contributed by atoms with van der Waals surface area (Å²) in [6, 6.07) is 5.74. The van der Waals surface area contributed by atoms with E-state index in [1.165, 1.54) is 5.01 Å². The van der Waals surface area contributed by atoms with E-state index in [1.807, 2.05) is 23.1 Å². The molecule has 0 unspecified atom stereocenters. The number of rotatable bonds is 4. The fraction of sp³-hybridized carbons (Fsp3) is 0.500. The van der Waals surface area contributed by atoms with Crippen LogP contribution in [0.3, 0.4) is 0 Å². The van der Waals surface area contributed by atoms with Crippen molar-refractivity contribution in [1.29, 1.82) is 0 Å². The van der Waals surface area contributed by atoms with Crippen molar-refractivity contribution >= 4 is 17.5 Å². The Morgan fingerprint density at radius 2 is 1.96 bits per heavy atom. The van der Waals surface area contributed by atoms with Crippen LogP contribution in [0.5, 0.6) is 11.5 Å². The molecule has 3 rings (SSSR count). The van der Waals surface area contributed by atoms with E-state index in [2.05, 4.69) is 5.10 Å². The SMILES string of the molecule is COc1ccc([C@@H]2CCCN2C(=O)C2=NN(C)C(=O)CC2)cc1OC. The Balaban J connectivity index is 1.84. The van der Waals surface area contributed by atoms with Crippen molar-refractivity contribution in [2.45, 2.75) is 31.7 Å². The van der Waals surface area contributed by atoms with Gasteiger partial charge in [-0.15, -0.1) is 0 Å². The number of likely N-dealkylation sites (tertiary alicyclic amines) is 1. The first-order valence-corrected chi connectivity index (χ1v) is 8.42.